The number of allylic oxidation sites excluding steroid dienone is 1. The summed E-state index contributed by atoms with van der Waals surface area (Å²) in [6, 6.07) is 0. The van der Waals surface area contributed by atoms with E-state index in [2.05, 4.69) is 13.5 Å². The van der Waals surface area contributed by atoms with E-state index in [1.807, 2.05) is 13.8 Å². The normalized spacial score (nSPS) is 43.4. The molecule has 2 fully saturated rings. The first-order valence-corrected chi connectivity index (χ1v) is 6.83. The maximum absolute atomic E-state index is 10.3. The lowest BCUT2D eigenvalue weighted by Gasteiger charge is -2.53. The Morgan fingerprint density at radius 2 is 2.00 bits per heavy atom. The fourth-order valence-corrected chi connectivity index (χ4v) is 3.83. The Balaban J connectivity index is 2.21. The lowest BCUT2D eigenvalue weighted by Crippen LogP contribution is -2.50. The molecule has 0 bridgehead atoms. The number of hydrogen-bond donors (Lipinski definition) is 2. The Morgan fingerprint density at radius 3 is 2.59 bits per heavy atom. The van der Waals surface area contributed by atoms with Gasteiger partial charge in [-0.25, -0.2) is 0 Å². The molecule has 2 nitrogen and oxygen atoms in total. The number of aliphatic hydroxyl groups is 2. The summed E-state index contributed by atoms with van der Waals surface area (Å²) in [6.07, 6.45) is 4.61. The van der Waals surface area contributed by atoms with Gasteiger partial charge in [0.25, 0.3) is 0 Å². The van der Waals surface area contributed by atoms with Crippen LogP contribution in [-0.2, 0) is 0 Å². The molecule has 0 saturated heterocycles. The van der Waals surface area contributed by atoms with E-state index in [1.54, 1.807) is 0 Å². The van der Waals surface area contributed by atoms with Crippen LogP contribution in [0, 0.1) is 17.3 Å². The van der Waals surface area contributed by atoms with E-state index in [0.29, 0.717) is 11.8 Å². The largest absolute Gasteiger partial charge is 0.393 e. The molecule has 0 aromatic heterocycles. The van der Waals surface area contributed by atoms with Crippen LogP contribution in [0.25, 0.3) is 0 Å². The molecule has 0 radical (unpaired) electrons. The Labute approximate surface area is 105 Å². The highest BCUT2D eigenvalue weighted by atomic mass is 16.3. The second-order valence-corrected chi connectivity index (χ2v) is 6.90. The maximum atomic E-state index is 10.3. The summed E-state index contributed by atoms with van der Waals surface area (Å²) in [7, 11) is 0. The molecule has 2 aliphatic carbocycles. The zero-order valence-electron chi connectivity index (χ0n) is 11.4. The third-order valence-corrected chi connectivity index (χ3v) is 5.34. The third-order valence-electron chi connectivity index (χ3n) is 5.34. The first-order valence-electron chi connectivity index (χ1n) is 6.83. The van der Waals surface area contributed by atoms with Gasteiger partial charge in [0.1, 0.15) is 0 Å². The van der Waals surface area contributed by atoms with Crippen molar-refractivity contribution >= 4 is 0 Å². The van der Waals surface area contributed by atoms with Gasteiger partial charge in [-0.1, -0.05) is 19.1 Å². The number of fused-ring (bicyclic) bond motifs is 1. The molecular weight excluding hydrogens is 212 g/mol. The van der Waals surface area contributed by atoms with E-state index >= 15 is 0 Å². The van der Waals surface area contributed by atoms with E-state index in [0.717, 1.165) is 32.1 Å². The van der Waals surface area contributed by atoms with Crippen LogP contribution >= 0.6 is 0 Å². The van der Waals surface area contributed by atoms with Crippen LogP contribution in [0.15, 0.2) is 12.2 Å². The fourth-order valence-electron chi connectivity index (χ4n) is 3.83. The van der Waals surface area contributed by atoms with Crippen LogP contribution in [0.2, 0.25) is 0 Å². The van der Waals surface area contributed by atoms with Crippen molar-refractivity contribution in [2.45, 2.75) is 64.6 Å². The number of rotatable bonds is 1. The van der Waals surface area contributed by atoms with Gasteiger partial charge in [-0.3, -0.25) is 0 Å². The molecule has 0 amide bonds. The minimum absolute atomic E-state index is 0.00289. The predicted molar refractivity (Wildman–Crippen MR) is 69.6 cm³/mol. The van der Waals surface area contributed by atoms with Crippen LogP contribution in [0.4, 0.5) is 0 Å². The van der Waals surface area contributed by atoms with Gasteiger partial charge in [-0.05, 0) is 57.8 Å². The van der Waals surface area contributed by atoms with E-state index < -0.39 is 5.60 Å². The molecule has 0 aromatic carbocycles. The van der Waals surface area contributed by atoms with Crippen LogP contribution in [-0.4, -0.2) is 21.9 Å². The first kappa shape index (κ1) is 13.1. The topological polar surface area (TPSA) is 40.5 Å². The van der Waals surface area contributed by atoms with Gasteiger partial charge in [-0.15, -0.1) is 0 Å². The molecular formula is C15H26O2. The highest BCUT2D eigenvalue weighted by Crippen LogP contribution is 2.54. The summed E-state index contributed by atoms with van der Waals surface area (Å²) >= 11 is 0. The van der Waals surface area contributed by atoms with Gasteiger partial charge < -0.3 is 10.2 Å². The summed E-state index contributed by atoms with van der Waals surface area (Å²) in [6.45, 7) is 10.2. The average molecular weight is 238 g/mol. The number of aliphatic hydroxyl groups excluding tert-OH is 1. The monoisotopic (exact) mass is 238 g/mol. The molecule has 0 aliphatic heterocycles. The van der Waals surface area contributed by atoms with Crippen molar-refractivity contribution in [3.05, 3.63) is 12.2 Å². The van der Waals surface area contributed by atoms with Crippen molar-refractivity contribution in [3.8, 4) is 0 Å². The van der Waals surface area contributed by atoms with Gasteiger partial charge in [0, 0.05) is 5.41 Å². The minimum Gasteiger partial charge on any atom is -0.393 e. The van der Waals surface area contributed by atoms with Gasteiger partial charge in [0.15, 0.2) is 0 Å². The molecule has 2 rings (SSSR count). The van der Waals surface area contributed by atoms with E-state index in [1.165, 1.54) is 5.57 Å². The van der Waals surface area contributed by atoms with Crippen molar-refractivity contribution in [3.63, 3.8) is 0 Å². The van der Waals surface area contributed by atoms with Crippen molar-refractivity contribution in [2.24, 2.45) is 17.3 Å². The zero-order valence-corrected chi connectivity index (χ0v) is 11.4. The van der Waals surface area contributed by atoms with Crippen molar-refractivity contribution in [1.29, 1.82) is 0 Å². The second kappa shape index (κ2) is 4.10. The molecule has 4 atom stereocenters. The number of hydrogen-bond acceptors (Lipinski definition) is 2. The lowest BCUT2D eigenvalue weighted by atomic mass is 9.54. The van der Waals surface area contributed by atoms with Crippen molar-refractivity contribution in [2.75, 3.05) is 0 Å². The molecule has 17 heavy (non-hydrogen) atoms. The summed E-state index contributed by atoms with van der Waals surface area (Å²) in [5.74, 6) is 0.721. The standard InChI is InChI=1S/C15H26O2/c1-10-5-6-13(16)15(4)8-7-11(9-12(10)15)14(2,3)17/h11-13,16-17H,1,5-9H2,2-4H3. The quantitative estimate of drug-likeness (QED) is 0.690. The molecule has 0 heterocycles. The fraction of sp³-hybridized carbons (Fsp3) is 0.867. The maximum Gasteiger partial charge on any atom is 0.0620 e. The smallest absolute Gasteiger partial charge is 0.0620 e. The molecule has 0 spiro atoms. The molecule has 2 heteroatoms. The van der Waals surface area contributed by atoms with Gasteiger partial charge in [0.05, 0.1) is 11.7 Å². The molecule has 0 aromatic rings. The van der Waals surface area contributed by atoms with E-state index in [9.17, 15) is 10.2 Å². The molecule has 98 valence electrons. The SMILES string of the molecule is C=C1CCC(O)C2(C)CCC(C(C)(C)O)CC12. The summed E-state index contributed by atoms with van der Waals surface area (Å²) in [5, 5.41) is 20.4. The Kier molecular flexibility index (Phi) is 3.16. The highest BCUT2D eigenvalue weighted by molar-refractivity contribution is 5.15. The van der Waals surface area contributed by atoms with Crippen LogP contribution in [0.3, 0.4) is 0 Å². The molecule has 2 N–H and O–H groups in total. The third kappa shape index (κ3) is 2.17. The van der Waals surface area contributed by atoms with Crippen LogP contribution in [0.1, 0.15) is 52.9 Å². The predicted octanol–water partition coefficient (Wildman–Crippen LogP) is 2.89. The molecule has 2 saturated carbocycles. The van der Waals surface area contributed by atoms with Gasteiger partial charge in [0.2, 0.25) is 0 Å². The van der Waals surface area contributed by atoms with Gasteiger partial charge in [-0.2, -0.15) is 0 Å². The first-order chi connectivity index (χ1) is 7.75. The Morgan fingerprint density at radius 1 is 1.35 bits per heavy atom. The van der Waals surface area contributed by atoms with Crippen molar-refractivity contribution in [1.82, 2.24) is 0 Å². The zero-order chi connectivity index (χ0) is 12.8. The molecule has 2 aliphatic rings. The summed E-state index contributed by atoms with van der Waals surface area (Å²) in [4.78, 5) is 0. The van der Waals surface area contributed by atoms with Crippen LogP contribution < -0.4 is 0 Å². The van der Waals surface area contributed by atoms with Crippen LogP contribution in [0.5, 0.6) is 0 Å². The molecule has 4 unspecified atom stereocenters. The second-order valence-electron chi connectivity index (χ2n) is 6.90. The Hall–Kier alpha value is -0.340. The van der Waals surface area contributed by atoms with Gasteiger partial charge >= 0.3 is 0 Å². The lowest BCUT2D eigenvalue weighted by molar-refractivity contribution is -0.0887. The average Bonchev–Trinajstić information content (AvgIpc) is 2.22. The van der Waals surface area contributed by atoms with E-state index in [-0.39, 0.29) is 11.5 Å². The highest BCUT2D eigenvalue weighted by Gasteiger charge is 2.50. The summed E-state index contributed by atoms with van der Waals surface area (Å²) < 4.78 is 0. The Bertz CT molecular complexity index is 315. The summed E-state index contributed by atoms with van der Waals surface area (Å²) in [5.41, 5.74) is 0.674. The van der Waals surface area contributed by atoms with E-state index in [4.69, 9.17) is 0 Å². The van der Waals surface area contributed by atoms with Crippen molar-refractivity contribution < 1.29 is 10.2 Å². The minimum atomic E-state index is -0.607.